The van der Waals surface area contributed by atoms with E-state index in [1.165, 1.54) is 12.1 Å². The van der Waals surface area contributed by atoms with Crippen molar-refractivity contribution in [2.75, 3.05) is 19.7 Å². The molecule has 3 rings (SSSR count). The molecule has 1 aromatic heterocycles. The van der Waals surface area contributed by atoms with Gasteiger partial charge in [-0.1, -0.05) is 12.1 Å². The van der Waals surface area contributed by atoms with E-state index in [2.05, 4.69) is 9.97 Å². The first-order chi connectivity index (χ1) is 12.2. The molecule has 1 aliphatic rings. The quantitative estimate of drug-likeness (QED) is 0.808. The molecule has 1 saturated heterocycles. The van der Waals surface area contributed by atoms with Gasteiger partial charge in [0.25, 0.3) is 0 Å². The van der Waals surface area contributed by atoms with Crippen LogP contribution in [0.4, 0.5) is 4.39 Å². The number of carbonyl (C=O) groups excluding carboxylic acids is 1. The molecule has 25 heavy (non-hydrogen) atoms. The lowest BCUT2D eigenvalue weighted by Crippen LogP contribution is -2.45. The molecule has 5 nitrogen and oxygen atoms in total. The average Bonchev–Trinajstić information content (AvgIpc) is 2.65. The number of morpholine rings is 1. The van der Waals surface area contributed by atoms with Gasteiger partial charge in [-0.3, -0.25) is 4.79 Å². The van der Waals surface area contributed by atoms with Crippen LogP contribution in [0.15, 0.2) is 42.9 Å². The summed E-state index contributed by atoms with van der Waals surface area (Å²) in [5, 5.41) is 0. The summed E-state index contributed by atoms with van der Waals surface area (Å²) in [6.07, 6.45) is 5.87. The Hall–Kier alpha value is -2.34. The number of carbonyl (C=O) groups is 1. The topological polar surface area (TPSA) is 55.3 Å². The highest BCUT2D eigenvalue weighted by Gasteiger charge is 2.23. The van der Waals surface area contributed by atoms with Crippen molar-refractivity contribution < 1.29 is 13.9 Å². The number of rotatable bonds is 6. The molecule has 0 N–H and O–H groups in total. The summed E-state index contributed by atoms with van der Waals surface area (Å²) >= 11 is 0. The van der Waals surface area contributed by atoms with E-state index in [4.69, 9.17) is 4.74 Å². The molecule has 132 valence electrons. The monoisotopic (exact) mass is 343 g/mol. The van der Waals surface area contributed by atoms with Crippen molar-refractivity contribution in [3.05, 3.63) is 59.9 Å². The van der Waals surface area contributed by atoms with Crippen LogP contribution in [-0.4, -0.2) is 46.6 Å². The van der Waals surface area contributed by atoms with E-state index in [0.29, 0.717) is 32.5 Å². The average molecular weight is 343 g/mol. The van der Waals surface area contributed by atoms with Crippen LogP contribution >= 0.6 is 0 Å². The molecule has 1 atom stereocenters. The van der Waals surface area contributed by atoms with E-state index in [0.717, 1.165) is 24.1 Å². The first kappa shape index (κ1) is 17.5. The van der Waals surface area contributed by atoms with E-state index >= 15 is 0 Å². The van der Waals surface area contributed by atoms with Crippen molar-refractivity contribution in [3.63, 3.8) is 0 Å². The van der Waals surface area contributed by atoms with Crippen LogP contribution in [0, 0.1) is 5.82 Å². The predicted molar refractivity (Wildman–Crippen MR) is 91.4 cm³/mol. The fourth-order valence-electron chi connectivity index (χ4n) is 3.00. The molecule has 0 unspecified atom stereocenters. The molecule has 1 aromatic carbocycles. The largest absolute Gasteiger partial charge is 0.375 e. The van der Waals surface area contributed by atoms with Gasteiger partial charge in [-0.25, -0.2) is 14.4 Å². The number of nitrogens with zero attached hydrogens (tertiary/aromatic N) is 3. The van der Waals surface area contributed by atoms with Gasteiger partial charge in [0.1, 0.15) is 12.1 Å². The Morgan fingerprint density at radius 2 is 2.24 bits per heavy atom. The maximum atomic E-state index is 13.2. The standard InChI is InChI=1S/C19H22FN3O2/c20-16-3-1-2-15(12-16)4-7-19(24)23-10-11-25-18(13-23)6-5-17-8-9-21-14-22-17/h1-3,8-9,12,14,18H,4-7,10-11,13H2/t18-/m1/s1. The van der Waals surface area contributed by atoms with Crippen LogP contribution in [0.2, 0.25) is 0 Å². The van der Waals surface area contributed by atoms with Gasteiger partial charge in [-0.2, -0.15) is 0 Å². The zero-order valence-corrected chi connectivity index (χ0v) is 14.1. The van der Waals surface area contributed by atoms with E-state index in [1.54, 1.807) is 18.6 Å². The molecule has 0 aliphatic carbocycles. The summed E-state index contributed by atoms with van der Waals surface area (Å²) in [4.78, 5) is 22.4. The molecule has 1 fully saturated rings. The number of amides is 1. The summed E-state index contributed by atoms with van der Waals surface area (Å²) in [6, 6.07) is 8.31. The summed E-state index contributed by atoms with van der Waals surface area (Å²) in [5.41, 5.74) is 1.83. The Morgan fingerprint density at radius 3 is 3.04 bits per heavy atom. The number of aromatic nitrogens is 2. The Bertz CT molecular complexity index is 696. The van der Waals surface area contributed by atoms with Gasteiger partial charge in [0.15, 0.2) is 0 Å². The summed E-state index contributed by atoms with van der Waals surface area (Å²) < 4.78 is 19.0. The Labute approximate surface area is 146 Å². The number of ether oxygens (including phenoxy) is 1. The van der Waals surface area contributed by atoms with Crippen molar-refractivity contribution in [1.82, 2.24) is 14.9 Å². The van der Waals surface area contributed by atoms with Gasteiger partial charge in [0, 0.05) is 31.4 Å². The summed E-state index contributed by atoms with van der Waals surface area (Å²) in [5.74, 6) is -0.166. The van der Waals surface area contributed by atoms with Gasteiger partial charge in [-0.05, 0) is 43.0 Å². The fraction of sp³-hybridized carbons (Fsp3) is 0.421. The zero-order chi connectivity index (χ0) is 17.5. The predicted octanol–water partition coefficient (Wildman–Crippen LogP) is 2.41. The Balaban J connectivity index is 1.46. The second-order valence-corrected chi connectivity index (χ2v) is 6.20. The van der Waals surface area contributed by atoms with Crippen molar-refractivity contribution >= 4 is 5.91 Å². The minimum atomic E-state index is -0.263. The Kier molecular flexibility index (Phi) is 6.06. The van der Waals surface area contributed by atoms with Crippen LogP contribution in [0.3, 0.4) is 0 Å². The zero-order valence-electron chi connectivity index (χ0n) is 14.1. The lowest BCUT2D eigenvalue weighted by atomic mass is 10.1. The second kappa shape index (κ2) is 8.67. The van der Waals surface area contributed by atoms with E-state index < -0.39 is 0 Å². The highest BCUT2D eigenvalue weighted by atomic mass is 19.1. The minimum Gasteiger partial charge on any atom is -0.375 e. The number of halogens is 1. The first-order valence-corrected chi connectivity index (χ1v) is 8.59. The van der Waals surface area contributed by atoms with Gasteiger partial charge in [0.2, 0.25) is 5.91 Å². The molecule has 1 aliphatic heterocycles. The van der Waals surface area contributed by atoms with Gasteiger partial charge < -0.3 is 9.64 Å². The van der Waals surface area contributed by atoms with E-state index in [9.17, 15) is 9.18 Å². The molecule has 0 bridgehead atoms. The van der Waals surface area contributed by atoms with E-state index in [-0.39, 0.29) is 17.8 Å². The van der Waals surface area contributed by atoms with E-state index in [1.807, 2.05) is 17.0 Å². The Morgan fingerprint density at radius 1 is 1.32 bits per heavy atom. The number of hydrogen-bond donors (Lipinski definition) is 0. The van der Waals surface area contributed by atoms with Gasteiger partial charge in [-0.15, -0.1) is 0 Å². The van der Waals surface area contributed by atoms with Crippen LogP contribution in [0.1, 0.15) is 24.1 Å². The number of benzene rings is 1. The molecule has 6 heteroatoms. The first-order valence-electron chi connectivity index (χ1n) is 8.59. The number of hydrogen-bond acceptors (Lipinski definition) is 4. The SMILES string of the molecule is O=C(CCc1cccc(F)c1)N1CCO[C@H](CCc2ccncn2)C1. The van der Waals surface area contributed by atoms with Crippen LogP contribution in [-0.2, 0) is 22.4 Å². The second-order valence-electron chi connectivity index (χ2n) is 6.20. The van der Waals surface area contributed by atoms with Crippen molar-refractivity contribution in [3.8, 4) is 0 Å². The molecule has 2 aromatic rings. The molecule has 1 amide bonds. The third kappa shape index (κ3) is 5.32. The lowest BCUT2D eigenvalue weighted by molar-refractivity contribution is -0.138. The summed E-state index contributed by atoms with van der Waals surface area (Å²) in [7, 11) is 0. The molecule has 2 heterocycles. The third-order valence-electron chi connectivity index (χ3n) is 4.37. The molecular weight excluding hydrogens is 321 g/mol. The maximum Gasteiger partial charge on any atom is 0.223 e. The van der Waals surface area contributed by atoms with Gasteiger partial charge in [0.05, 0.1) is 12.7 Å². The molecule has 0 saturated carbocycles. The molecule has 0 radical (unpaired) electrons. The summed E-state index contributed by atoms with van der Waals surface area (Å²) in [6.45, 7) is 1.78. The van der Waals surface area contributed by atoms with Crippen LogP contribution in [0.25, 0.3) is 0 Å². The normalized spacial score (nSPS) is 17.5. The smallest absolute Gasteiger partial charge is 0.223 e. The molecular formula is C19H22FN3O2. The lowest BCUT2D eigenvalue weighted by Gasteiger charge is -2.33. The minimum absolute atomic E-state index is 0.0295. The van der Waals surface area contributed by atoms with Crippen LogP contribution < -0.4 is 0 Å². The number of aryl methyl sites for hydroxylation is 2. The van der Waals surface area contributed by atoms with Crippen molar-refractivity contribution in [2.24, 2.45) is 0 Å². The highest BCUT2D eigenvalue weighted by Crippen LogP contribution is 2.14. The fourth-order valence-corrected chi connectivity index (χ4v) is 3.00. The van der Waals surface area contributed by atoms with Crippen molar-refractivity contribution in [2.45, 2.75) is 31.8 Å². The maximum absolute atomic E-state index is 13.2. The van der Waals surface area contributed by atoms with Crippen molar-refractivity contribution in [1.29, 1.82) is 0 Å². The molecule has 0 spiro atoms. The third-order valence-corrected chi connectivity index (χ3v) is 4.37. The van der Waals surface area contributed by atoms with Gasteiger partial charge >= 0.3 is 0 Å². The van der Waals surface area contributed by atoms with Crippen LogP contribution in [0.5, 0.6) is 0 Å². The highest BCUT2D eigenvalue weighted by molar-refractivity contribution is 5.76.